The Bertz CT molecular complexity index is 1540. The number of hydrogen-bond donors (Lipinski definition) is 1. The molecule has 2 N–H and O–H groups in total. The monoisotopic (exact) mass is 412 g/mol. The zero-order valence-corrected chi connectivity index (χ0v) is 17.3. The lowest BCUT2D eigenvalue weighted by atomic mass is 9.99. The molecule has 0 bridgehead atoms. The number of para-hydroxylation sites is 2. The quantitative estimate of drug-likeness (QED) is 0.318. The number of aromatic nitrogens is 2. The van der Waals surface area contributed by atoms with Crippen molar-refractivity contribution in [3.8, 4) is 0 Å². The molecule has 4 heteroatoms. The molecule has 0 aliphatic rings. The van der Waals surface area contributed by atoms with Gasteiger partial charge in [0.05, 0.1) is 11.0 Å². The van der Waals surface area contributed by atoms with Crippen molar-refractivity contribution in [1.29, 1.82) is 0 Å². The Labute approximate surface area is 185 Å². The predicted octanol–water partition coefficient (Wildman–Crippen LogP) is 6.99. The van der Waals surface area contributed by atoms with Crippen molar-refractivity contribution in [3.05, 3.63) is 109 Å². The second kappa shape index (κ2) is 7.36. The highest BCUT2D eigenvalue weighted by atomic mass is 15.2. The van der Waals surface area contributed by atoms with Gasteiger partial charge < -0.3 is 5.73 Å². The molecule has 0 aliphatic heterocycles. The molecule has 0 saturated carbocycles. The molecule has 152 valence electrons. The molecular formula is C28H20N4. The summed E-state index contributed by atoms with van der Waals surface area (Å²) in [5.41, 5.74) is 10.2. The van der Waals surface area contributed by atoms with Crippen LogP contribution in [0.25, 0.3) is 32.6 Å². The highest BCUT2D eigenvalue weighted by Gasteiger charge is 2.20. The molecule has 1 heterocycles. The van der Waals surface area contributed by atoms with E-state index in [2.05, 4.69) is 65.6 Å². The van der Waals surface area contributed by atoms with E-state index in [0.29, 0.717) is 11.6 Å². The molecule has 6 aromatic rings. The van der Waals surface area contributed by atoms with Crippen LogP contribution < -0.4 is 10.6 Å². The van der Waals surface area contributed by atoms with Gasteiger partial charge in [0.15, 0.2) is 11.6 Å². The highest BCUT2D eigenvalue weighted by molar-refractivity contribution is 6.23. The van der Waals surface area contributed by atoms with E-state index in [-0.39, 0.29) is 0 Å². The van der Waals surface area contributed by atoms with Crippen molar-refractivity contribution in [1.82, 2.24) is 9.97 Å². The van der Waals surface area contributed by atoms with Crippen LogP contribution >= 0.6 is 0 Å². The number of hydrogen-bond acceptors (Lipinski definition) is 4. The predicted molar refractivity (Wildman–Crippen MR) is 134 cm³/mol. The van der Waals surface area contributed by atoms with Gasteiger partial charge in [-0.3, -0.25) is 4.90 Å². The second-order valence-corrected chi connectivity index (χ2v) is 7.73. The van der Waals surface area contributed by atoms with E-state index in [4.69, 9.17) is 15.7 Å². The Hall–Kier alpha value is -4.44. The SMILES string of the molecule is Nc1nc2c3ccccc3c3ccccc3c2nc1N(c1ccccc1)c1ccccc1. The van der Waals surface area contributed by atoms with Gasteiger partial charge in [0, 0.05) is 22.1 Å². The minimum atomic E-state index is 0.394. The van der Waals surface area contributed by atoms with Gasteiger partial charge in [0.2, 0.25) is 0 Å². The van der Waals surface area contributed by atoms with Gasteiger partial charge in [-0.15, -0.1) is 0 Å². The topological polar surface area (TPSA) is 55.0 Å². The lowest BCUT2D eigenvalue weighted by Gasteiger charge is -2.25. The number of anilines is 4. The molecule has 0 saturated heterocycles. The first-order valence-corrected chi connectivity index (χ1v) is 10.6. The molecule has 0 radical (unpaired) electrons. The van der Waals surface area contributed by atoms with Gasteiger partial charge in [-0.05, 0) is 35.0 Å². The first kappa shape index (κ1) is 18.3. The number of fused-ring (bicyclic) bond motifs is 6. The van der Waals surface area contributed by atoms with E-state index in [1.54, 1.807) is 0 Å². The Morgan fingerprint density at radius 1 is 0.469 bits per heavy atom. The highest BCUT2D eigenvalue weighted by Crippen LogP contribution is 2.39. The molecule has 1 aromatic heterocycles. The number of nitrogen functional groups attached to an aromatic ring is 1. The Morgan fingerprint density at radius 3 is 1.38 bits per heavy atom. The van der Waals surface area contributed by atoms with E-state index >= 15 is 0 Å². The third-order valence-corrected chi connectivity index (χ3v) is 5.80. The minimum absolute atomic E-state index is 0.394. The van der Waals surface area contributed by atoms with E-state index in [1.807, 2.05) is 48.5 Å². The van der Waals surface area contributed by atoms with Crippen molar-refractivity contribution < 1.29 is 0 Å². The molecule has 4 nitrogen and oxygen atoms in total. The Morgan fingerprint density at radius 2 is 0.875 bits per heavy atom. The van der Waals surface area contributed by atoms with E-state index < -0.39 is 0 Å². The van der Waals surface area contributed by atoms with Crippen LogP contribution in [0.1, 0.15) is 0 Å². The summed E-state index contributed by atoms with van der Waals surface area (Å²) in [6.45, 7) is 0. The first-order valence-electron chi connectivity index (χ1n) is 10.6. The average Bonchev–Trinajstić information content (AvgIpc) is 2.86. The summed E-state index contributed by atoms with van der Waals surface area (Å²) < 4.78 is 0. The smallest absolute Gasteiger partial charge is 0.181 e. The summed E-state index contributed by atoms with van der Waals surface area (Å²) in [6.07, 6.45) is 0. The second-order valence-electron chi connectivity index (χ2n) is 7.73. The van der Waals surface area contributed by atoms with Gasteiger partial charge in [0.1, 0.15) is 0 Å². The molecule has 0 amide bonds. The Balaban J connectivity index is 1.72. The third kappa shape index (κ3) is 2.85. The normalized spacial score (nSPS) is 11.2. The summed E-state index contributed by atoms with van der Waals surface area (Å²) in [6, 6.07) is 36.9. The fourth-order valence-corrected chi connectivity index (χ4v) is 4.38. The van der Waals surface area contributed by atoms with Crippen LogP contribution in [0.3, 0.4) is 0 Å². The number of rotatable bonds is 3. The number of nitrogens with two attached hydrogens (primary N) is 1. The van der Waals surface area contributed by atoms with Crippen molar-refractivity contribution in [2.24, 2.45) is 0 Å². The maximum Gasteiger partial charge on any atom is 0.181 e. The van der Waals surface area contributed by atoms with E-state index in [1.165, 1.54) is 0 Å². The number of benzene rings is 5. The lowest BCUT2D eigenvalue weighted by Crippen LogP contribution is -2.15. The van der Waals surface area contributed by atoms with Gasteiger partial charge in [-0.1, -0.05) is 84.9 Å². The summed E-state index contributed by atoms with van der Waals surface area (Å²) >= 11 is 0. The molecule has 0 aliphatic carbocycles. The zero-order valence-electron chi connectivity index (χ0n) is 17.3. The molecular weight excluding hydrogens is 392 g/mol. The van der Waals surface area contributed by atoms with Crippen LogP contribution in [-0.2, 0) is 0 Å². The van der Waals surface area contributed by atoms with Crippen LogP contribution in [0.4, 0.5) is 23.0 Å². The molecule has 0 spiro atoms. The summed E-state index contributed by atoms with van der Waals surface area (Å²) in [4.78, 5) is 12.1. The van der Waals surface area contributed by atoms with Crippen LogP contribution in [-0.4, -0.2) is 9.97 Å². The molecule has 0 atom stereocenters. The summed E-state index contributed by atoms with van der Waals surface area (Å²) in [7, 11) is 0. The van der Waals surface area contributed by atoms with Crippen molar-refractivity contribution in [2.45, 2.75) is 0 Å². The summed E-state index contributed by atoms with van der Waals surface area (Å²) in [5, 5.41) is 4.43. The zero-order chi connectivity index (χ0) is 21.5. The average molecular weight is 412 g/mol. The molecule has 0 fully saturated rings. The standard InChI is InChI=1S/C28H20N4/c29-27-28(32(19-11-3-1-4-12-19)20-13-5-2-6-14-20)31-26-24-18-10-8-16-22(24)21-15-7-9-17-23(21)25(26)30-27/h1-18H,(H2,29,30). The van der Waals surface area contributed by atoms with Crippen LogP contribution in [0.15, 0.2) is 109 Å². The lowest BCUT2D eigenvalue weighted by molar-refractivity contribution is 1.18. The molecule has 6 rings (SSSR count). The van der Waals surface area contributed by atoms with Crippen LogP contribution in [0.2, 0.25) is 0 Å². The first-order chi connectivity index (χ1) is 15.8. The van der Waals surface area contributed by atoms with Crippen LogP contribution in [0.5, 0.6) is 0 Å². The van der Waals surface area contributed by atoms with Crippen LogP contribution in [0, 0.1) is 0 Å². The molecule has 5 aromatic carbocycles. The van der Waals surface area contributed by atoms with Gasteiger partial charge >= 0.3 is 0 Å². The van der Waals surface area contributed by atoms with Crippen molar-refractivity contribution in [2.75, 3.05) is 10.6 Å². The van der Waals surface area contributed by atoms with E-state index in [0.717, 1.165) is 44.0 Å². The van der Waals surface area contributed by atoms with Crippen molar-refractivity contribution in [3.63, 3.8) is 0 Å². The third-order valence-electron chi connectivity index (χ3n) is 5.80. The fourth-order valence-electron chi connectivity index (χ4n) is 4.38. The minimum Gasteiger partial charge on any atom is -0.381 e. The fraction of sp³-hybridized carbons (Fsp3) is 0. The summed E-state index contributed by atoms with van der Waals surface area (Å²) in [5.74, 6) is 1.01. The molecule has 32 heavy (non-hydrogen) atoms. The maximum atomic E-state index is 6.58. The van der Waals surface area contributed by atoms with Gasteiger partial charge in [-0.2, -0.15) is 0 Å². The Kier molecular flexibility index (Phi) is 4.22. The largest absolute Gasteiger partial charge is 0.381 e. The molecule has 0 unspecified atom stereocenters. The van der Waals surface area contributed by atoms with E-state index in [9.17, 15) is 0 Å². The maximum absolute atomic E-state index is 6.58. The van der Waals surface area contributed by atoms with Gasteiger partial charge in [-0.25, -0.2) is 9.97 Å². The number of nitrogens with zero attached hydrogens (tertiary/aromatic N) is 3. The van der Waals surface area contributed by atoms with Crippen molar-refractivity contribution >= 4 is 55.6 Å². The van der Waals surface area contributed by atoms with Gasteiger partial charge in [0.25, 0.3) is 0 Å².